The molecule has 18 heteroatoms. The highest BCUT2D eigenvalue weighted by Crippen LogP contribution is 2.34. The predicted octanol–water partition coefficient (Wildman–Crippen LogP) is 7.59. The topological polar surface area (TPSA) is 230 Å². The third kappa shape index (κ3) is 10.6. The van der Waals surface area contributed by atoms with Gasteiger partial charge in [0.15, 0.2) is 0 Å². The minimum Gasteiger partial charge on any atom is -0.488 e. The molecule has 0 fully saturated rings. The summed E-state index contributed by atoms with van der Waals surface area (Å²) in [6.45, 7) is 0.605. The van der Waals surface area contributed by atoms with Crippen LogP contribution in [0.4, 0.5) is 34.6 Å². The number of nitrogens with two attached hydrogens (primary N) is 1. The second-order valence-electron chi connectivity index (χ2n) is 14.5. The molecule has 4 heterocycles. The van der Waals surface area contributed by atoms with E-state index in [1.807, 2.05) is 60.7 Å². The first kappa shape index (κ1) is 43.3. The molecule has 4 N–H and O–H groups in total. The van der Waals surface area contributed by atoms with Crippen molar-refractivity contribution in [2.75, 3.05) is 44.6 Å². The largest absolute Gasteiger partial charge is 0.488 e. The summed E-state index contributed by atoms with van der Waals surface area (Å²) in [5, 5.41) is 20.6. The van der Waals surface area contributed by atoms with E-state index in [0.717, 1.165) is 33.3 Å². The van der Waals surface area contributed by atoms with Gasteiger partial charge in [-0.25, -0.2) is 29.9 Å². The highest BCUT2D eigenvalue weighted by Gasteiger charge is 2.16. The van der Waals surface area contributed by atoms with Gasteiger partial charge >= 0.3 is 0 Å². The van der Waals surface area contributed by atoms with E-state index in [0.29, 0.717) is 46.4 Å². The number of hydrogen-bond acceptors (Lipinski definition) is 15. The summed E-state index contributed by atoms with van der Waals surface area (Å²) in [5.41, 5.74) is 9.11. The van der Waals surface area contributed by atoms with Gasteiger partial charge in [0, 0.05) is 68.5 Å². The fourth-order valence-corrected chi connectivity index (χ4v) is 6.27. The third-order valence-corrected chi connectivity index (χ3v) is 9.48. The lowest BCUT2D eigenvalue weighted by atomic mass is 10.1. The lowest BCUT2D eigenvalue weighted by Gasteiger charge is -2.12. The van der Waals surface area contributed by atoms with Crippen molar-refractivity contribution in [1.82, 2.24) is 39.7 Å². The maximum atomic E-state index is 11.9. The summed E-state index contributed by atoms with van der Waals surface area (Å²) in [6, 6.07) is 29.1. The highest BCUT2D eigenvalue weighted by molar-refractivity contribution is 5.97. The van der Waals surface area contributed by atoms with Gasteiger partial charge in [-0.3, -0.25) is 19.7 Å². The Kier molecular flexibility index (Phi) is 13.3. The molecule has 0 saturated heterocycles. The average Bonchev–Trinajstić information content (AvgIpc) is 3.31. The van der Waals surface area contributed by atoms with Crippen molar-refractivity contribution in [2.45, 2.75) is 13.2 Å². The van der Waals surface area contributed by atoms with E-state index in [1.54, 1.807) is 70.9 Å². The normalized spacial score (nSPS) is 10.6. The van der Waals surface area contributed by atoms with Crippen molar-refractivity contribution in [1.29, 1.82) is 0 Å². The number of nitro groups is 1. The van der Waals surface area contributed by atoms with E-state index in [9.17, 15) is 19.7 Å². The number of pyridine rings is 2. The quantitative estimate of drug-likeness (QED) is 0.0576. The molecule has 0 bridgehead atoms. The van der Waals surface area contributed by atoms with Crippen LogP contribution < -0.4 is 25.8 Å². The molecule has 0 radical (unpaired) electrons. The maximum Gasteiger partial charge on any atom is 0.277 e. The van der Waals surface area contributed by atoms with Gasteiger partial charge in [-0.15, -0.1) is 0 Å². The van der Waals surface area contributed by atoms with Gasteiger partial charge in [-0.1, -0.05) is 42.5 Å². The van der Waals surface area contributed by atoms with Crippen LogP contribution in [0, 0.1) is 10.1 Å². The number of nitrogens with zero attached hydrogens (tertiary/aromatic N) is 9. The Labute approximate surface area is 366 Å². The van der Waals surface area contributed by atoms with Gasteiger partial charge in [0.1, 0.15) is 59.4 Å². The lowest BCUT2D eigenvalue weighted by molar-refractivity contribution is -0.383. The molecule has 8 rings (SSSR count). The average molecular weight is 859 g/mol. The fraction of sp³-hybridized carbons (Fsp3) is 0.130. The van der Waals surface area contributed by atoms with Gasteiger partial charge in [0.25, 0.3) is 17.5 Å². The number of non-ortho nitro benzene ring substituents is 1. The first-order chi connectivity index (χ1) is 30.9. The van der Waals surface area contributed by atoms with Crippen molar-refractivity contribution in [3.63, 3.8) is 0 Å². The number of nitrogen functional groups attached to an aromatic ring is 1. The number of amides is 2. The summed E-state index contributed by atoms with van der Waals surface area (Å²) in [5.74, 6) is 2.95. The lowest BCUT2D eigenvalue weighted by Crippen LogP contribution is -2.22. The molecule has 0 saturated carbocycles. The van der Waals surface area contributed by atoms with Crippen LogP contribution in [-0.2, 0) is 13.2 Å². The van der Waals surface area contributed by atoms with Crippen molar-refractivity contribution in [3.8, 4) is 11.5 Å². The number of anilines is 5. The molecule has 0 spiro atoms. The summed E-state index contributed by atoms with van der Waals surface area (Å²) < 4.78 is 12.0. The van der Waals surface area contributed by atoms with E-state index in [-0.39, 0.29) is 35.5 Å². The predicted molar refractivity (Wildman–Crippen MR) is 243 cm³/mol. The standard InChI is InChI=1S/C23H20N6O4.C23H22N6O2/c1-28(2)23(30)18-12-26-22(13-25-18)27-21-11-15(9-10-24-21)14-33-20-8-7-19(29(31)32)16-5-3-4-6-17(16)20;1-29(2)23(30)19-12-27-22(13-26-19)28-21-11-15(9-10-25-21)14-31-20-8-7-18(24)16-5-3-4-6-17(16)20/h3-13H,14H2,1-2H3,(H,24,26,27);3-13H,14,24H2,1-2H3,(H,25,27,28). The number of nitrogens with one attached hydrogen (secondary N) is 2. The number of aromatic nitrogens is 6. The molecule has 64 heavy (non-hydrogen) atoms. The summed E-state index contributed by atoms with van der Waals surface area (Å²) >= 11 is 0. The molecular formula is C46H42N12O6. The van der Waals surface area contributed by atoms with Crippen LogP contribution in [0.2, 0.25) is 0 Å². The summed E-state index contributed by atoms with van der Waals surface area (Å²) in [4.78, 5) is 62.9. The summed E-state index contributed by atoms with van der Waals surface area (Å²) in [6.07, 6.45) is 9.12. The number of carbonyl (C=O) groups is 2. The smallest absolute Gasteiger partial charge is 0.277 e. The van der Waals surface area contributed by atoms with Crippen LogP contribution in [0.25, 0.3) is 21.5 Å². The molecule has 2 amide bonds. The molecule has 0 aliphatic carbocycles. The van der Waals surface area contributed by atoms with Crippen LogP contribution in [0.5, 0.6) is 11.5 Å². The zero-order valence-electron chi connectivity index (χ0n) is 35.2. The van der Waals surface area contributed by atoms with Crippen LogP contribution in [0.15, 0.2) is 134 Å². The Morgan fingerprint density at radius 2 is 1.03 bits per heavy atom. The van der Waals surface area contributed by atoms with Crippen molar-refractivity contribution < 1.29 is 24.0 Å². The minimum absolute atomic E-state index is 0.0350. The Morgan fingerprint density at radius 3 is 1.48 bits per heavy atom. The second-order valence-corrected chi connectivity index (χ2v) is 14.5. The second kappa shape index (κ2) is 19.7. The zero-order chi connectivity index (χ0) is 45.2. The van der Waals surface area contributed by atoms with Crippen LogP contribution >= 0.6 is 0 Å². The van der Waals surface area contributed by atoms with Gasteiger partial charge in [0.05, 0.1) is 35.1 Å². The fourth-order valence-electron chi connectivity index (χ4n) is 6.27. The van der Waals surface area contributed by atoms with Gasteiger partial charge in [-0.05, 0) is 59.7 Å². The zero-order valence-corrected chi connectivity index (χ0v) is 35.2. The Hall–Kier alpha value is -8.80. The highest BCUT2D eigenvalue weighted by atomic mass is 16.6. The molecule has 0 atom stereocenters. The van der Waals surface area contributed by atoms with Crippen molar-refractivity contribution in [2.24, 2.45) is 0 Å². The number of carbonyl (C=O) groups excluding carboxylic acids is 2. The van der Waals surface area contributed by atoms with E-state index in [4.69, 9.17) is 15.2 Å². The van der Waals surface area contributed by atoms with Gasteiger partial charge in [0.2, 0.25) is 0 Å². The molecule has 8 aromatic rings. The Balaban J connectivity index is 0.000000192. The third-order valence-electron chi connectivity index (χ3n) is 9.48. The first-order valence-corrected chi connectivity index (χ1v) is 19.6. The van der Waals surface area contributed by atoms with Gasteiger partial charge < -0.3 is 35.6 Å². The molecule has 0 aliphatic heterocycles. The van der Waals surface area contributed by atoms with E-state index in [2.05, 4.69) is 40.5 Å². The van der Waals surface area contributed by atoms with E-state index < -0.39 is 4.92 Å². The van der Waals surface area contributed by atoms with Crippen molar-refractivity contribution >= 4 is 68.0 Å². The minimum atomic E-state index is -0.404. The summed E-state index contributed by atoms with van der Waals surface area (Å²) in [7, 11) is 6.63. The number of benzene rings is 4. The van der Waals surface area contributed by atoms with E-state index >= 15 is 0 Å². The molecule has 4 aromatic carbocycles. The van der Waals surface area contributed by atoms with Crippen LogP contribution in [0.1, 0.15) is 32.1 Å². The SMILES string of the molecule is CN(C)C(=O)c1cnc(Nc2cc(COc3ccc(N)c4ccccc34)ccn2)cn1.CN(C)C(=O)c1cnc(Nc2cc(COc3ccc([N+](=O)[O-])c4ccccc34)ccn2)cn1. The Morgan fingerprint density at radius 1 is 0.578 bits per heavy atom. The number of ether oxygens (including phenoxy) is 2. The molecular weight excluding hydrogens is 817 g/mol. The maximum absolute atomic E-state index is 11.9. The monoisotopic (exact) mass is 858 g/mol. The number of rotatable bonds is 13. The van der Waals surface area contributed by atoms with Crippen LogP contribution in [0.3, 0.4) is 0 Å². The number of fused-ring (bicyclic) bond motifs is 2. The molecule has 4 aromatic heterocycles. The molecule has 0 unspecified atom stereocenters. The van der Waals surface area contributed by atoms with Crippen molar-refractivity contribution in [3.05, 3.63) is 167 Å². The number of hydrogen-bond donors (Lipinski definition) is 3. The van der Waals surface area contributed by atoms with Gasteiger partial charge in [-0.2, -0.15) is 0 Å². The molecule has 322 valence electrons. The number of nitro benzene ring substituents is 1. The Bertz CT molecular complexity index is 2950. The van der Waals surface area contributed by atoms with Crippen LogP contribution in [-0.4, -0.2) is 84.6 Å². The molecule has 18 nitrogen and oxygen atoms in total. The first-order valence-electron chi connectivity index (χ1n) is 19.6. The molecule has 0 aliphatic rings. The van der Waals surface area contributed by atoms with E-state index in [1.165, 1.54) is 40.7 Å².